The van der Waals surface area contributed by atoms with Crippen LogP contribution in [0.1, 0.15) is 21.5 Å². The van der Waals surface area contributed by atoms with Crippen LogP contribution in [0.25, 0.3) is 11.0 Å². The van der Waals surface area contributed by atoms with Crippen LogP contribution in [0, 0.1) is 6.92 Å². The van der Waals surface area contributed by atoms with Crippen molar-refractivity contribution in [2.24, 2.45) is 0 Å². The molecule has 0 saturated carbocycles. The Morgan fingerprint density at radius 1 is 1.08 bits per heavy atom. The average Bonchev–Trinajstić information content (AvgIpc) is 2.58. The highest BCUT2D eigenvalue weighted by Gasteiger charge is 2.30. The largest absolute Gasteiger partial charge is 0.485 e. The van der Waals surface area contributed by atoms with E-state index in [1.165, 1.54) is 12.1 Å². The Morgan fingerprint density at radius 2 is 1.77 bits per heavy atom. The molecule has 0 radical (unpaired) electrons. The van der Waals surface area contributed by atoms with Gasteiger partial charge < -0.3 is 9.15 Å². The van der Waals surface area contributed by atoms with Crippen LogP contribution < -0.4 is 10.4 Å². The van der Waals surface area contributed by atoms with E-state index in [0.717, 1.165) is 35.2 Å². The number of carbonyl (C=O) groups excluding carboxylic acids is 1. The third-order valence-electron chi connectivity index (χ3n) is 3.83. The summed E-state index contributed by atoms with van der Waals surface area (Å²) in [6, 6.07) is 10.1. The van der Waals surface area contributed by atoms with Gasteiger partial charge in [-0.1, -0.05) is 12.1 Å². The summed E-state index contributed by atoms with van der Waals surface area (Å²) < 4.78 is 48.1. The van der Waals surface area contributed by atoms with Gasteiger partial charge in [-0.2, -0.15) is 13.2 Å². The first-order chi connectivity index (χ1) is 12.2. The third-order valence-corrected chi connectivity index (χ3v) is 3.83. The normalized spacial score (nSPS) is 11.5. The van der Waals surface area contributed by atoms with Crippen LogP contribution >= 0.6 is 0 Å². The molecule has 0 N–H and O–H groups in total. The number of Topliss-reactive ketones (excluding diaryl/α,β-unsaturated/α-hetero) is 1. The minimum absolute atomic E-state index is 0.112. The standard InChI is InChI=1S/C19H13F3O4/c1-11-8-18(24)26-17-9-14(6-7-15(11)17)25-10-16(23)12-2-4-13(5-3-12)19(20,21)22/h2-9H,10H2,1H3. The first-order valence-corrected chi connectivity index (χ1v) is 7.62. The molecular weight excluding hydrogens is 349 g/mol. The second-order valence-corrected chi connectivity index (χ2v) is 5.69. The molecular formula is C19H13F3O4. The van der Waals surface area contributed by atoms with Crippen LogP contribution in [-0.4, -0.2) is 12.4 Å². The maximum absolute atomic E-state index is 12.5. The summed E-state index contributed by atoms with van der Waals surface area (Å²) in [7, 11) is 0. The van der Waals surface area contributed by atoms with E-state index in [4.69, 9.17) is 9.15 Å². The summed E-state index contributed by atoms with van der Waals surface area (Å²) in [5.74, 6) is -0.156. The van der Waals surface area contributed by atoms with Gasteiger partial charge in [-0.05, 0) is 36.8 Å². The SMILES string of the molecule is Cc1cc(=O)oc2cc(OCC(=O)c3ccc(C(F)(F)F)cc3)ccc12. The Balaban J connectivity index is 1.73. The van der Waals surface area contributed by atoms with Crippen molar-refractivity contribution < 1.29 is 27.1 Å². The van der Waals surface area contributed by atoms with E-state index < -0.39 is 23.1 Å². The maximum Gasteiger partial charge on any atom is 0.416 e. The van der Waals surface area contributed by atoms with E-state index in [9.17, 15) is 22.8 Å². The third kappa shape index (κ3) is 3.77. The van der Waals surface area contributed by atoms with Gasteiger partial charge in [-0.3, -0.25) is 4.79 Å². The number of carbonyl (C=O) groups is 1. The molecule has 0 fully saturated rings. The highest BCUT2D eigenvalue weighted by molar-refractivity contribution is 5.97. The minimum Gasteiger partial charge on any atom is -0.485 e. The number of ketones is 1. The van der Waals surface area contributed by atoms with Gasteiger partial charge in [-0.15, -0.1) is 0 Å². The lowest BCUT2D eigenvalue weighted by Gasteiger charge is -2.09. The Hall–Kier alpha value is -3.09. The highest BCUT2D eigenvalue weighted by atomic mass is 19.4. The average molecular weight is 362 g/mol. The van der Waals surface area contributed by atoms with E-state index in [-0.39, 0.29) is 12.2 Å². The van der Waals surface area contributed by atoms with Crippen molar-refractivity contribution in [1.82, 2.24) is 0 Å². The molecule has 0 atom stereocenters. The van der Waals surface area contributed by atoms with Crippen molar-refractivity contribution in [1.29, 1.82) is 0 Å². The molecule has 1 aromatic heterocycles. The van der Waals surface area contributed by atoms with Gasteiger partial charge in [0.25, 0.3) is 0 Å². The number of benzene rings is 2. The molecule has 2 aromatic carbocycles. The van der Waals surface area contributed by atoms with Crippen molar-refractivity contribution in [2.45, 2.75) is 13.1 Å². The number of hydrogen-bond donors (Lipinski definition) is 0. The zero-order chi connectivity index (χ0) is 18.9. The molecule has 0 spiro atoms. The number of alkyl halides is 3. The van der Waals surface area contributed by atoms with Crippen LogP contribution in [0.15, 0.2) is 57.7 Å². The van der Waals surface area contributed by atoms with E-state index in [0.29, 0.717) is 11.3 Å². The van der Waals surface area contributed by atoms with Crippen LogP contribution in [0.3, 0.4) is 0 Å². The Bertz CT molecular complexity index is 1020. The quantitative estimate of drug-likeness (QED) is 0.510. The van der Waals surface area contributed by atoms with Gasteiger partial charge in [-0.25, -0.2) is 4.79 Å². The van der Waals surface area contributed by atoms with Crippen molar-refractivity contribution >= 4 is 16.8 Å². The summed E-state index contributed by atoms with van der Waals surface area (Å²) in [6.07, 6.45) is -4.45. The smallest absolute Gasteiger partial charge is 0.416 e. The maximum atomic E-state index is 12.5. The van der Waals surface area contributed by atoms with Gasteiger partial charge in [0.05, 0.1) is 5.56 Å². The van der Waals surface area contributed by atoms with Crippen LogP contribution in [0.5, 0.6) is 5.75 Å². The van der Waals surface area contributed by atoms with Gasteiger partial charge in [0.2, 0.25) is 0 Å². The summed E-state index contributed by atoms with van der Waals surface area (Å²) in [4.78, 5) is 23.5. The zero-order valence-electron chi connectivity index (χ0n) is 13.6. The monoisotopic (exact) mass is 362 g/mol. The summed E-state index contributed by atoms with van der Waals surface area (Å²) in [6.45, 7) is 1.42. The van der Waals surface area contributed by atoms with Crippen LogP contribution in [0.4, 0.5) is 13.2 Å². The Morgan fingerprint density at radius 3 is 2.42 bits per heavy atom. The molecule has 0 amide bonds. The topological polar surface area (TPSA) is 56.5 Å². The van der Waals surface area contributed by atoms with Gasteiger partial charge in [0.15, 0.2) is 12.4 Å². The number of halogens is 3. The highest BCUT2D eigenvalue weighted by Crippen LogP contribution is 2.29. The molecule has 1 heterocycles. The van der Waals surface area contributed by atoms with E-state index in [2.05, 4.69) is 0 Å². The predicted octanol–water partition coefficient (Wildman–Crippen LogP) is 4.38. The summed E-state index contributed by atoms with van der Waals surface area (Å²) in [5.41, 5.74) is -0.123. The zero-order valence-corrected chi connectivity index (χ0v) is 13.6. The number of fused-ring (bicyclic) bond motifs is 1. The fourth-order valence-electron chi connectivity index (χ4n) is 2.47. The fraction of sp³-hybridized carbons (Fsp3) is 0.158. The van der Waals surface area contributed by atoms with Crippen molar-refractivity contribution in [2.75, 3.05) is 6.61 Å². The Labute approximate surface area is 145 Å². The number of ether oxygens (including phenoxy) is 1. The van der Waals surface area contributed by atoms with E-state index in [1.54, 1.807) is 19.1 Å². The second kappa shape index (κ2) is 6.67. The number of aryl methyl sites for hydroxylation is 1. The van der Waals surface area contributed by atoms with E-state index in [1.807, 2.05) is 0 Å². The van der Waals surface area contributed by atoms with Crippen LogP contribution in [0.2, 0.25) is 0 Å². The lowest BCUT2D eigenvalue weighted by Crippen LogP contribution is -2.12. The molecule has 0 bridgehead atoms. The second-order valence-electron chi connectivity index (χ2n) is 5.69. The van der Waals surface area contributed by atoms with Crippen molar-refractivity contribution in [3.63, 3.8) is 0 Å². The molecule has 3 aromatic rings. The van der Waals surface area contributed by atoms with Gasteiger partial charge >= 0.3 is 11.8 Å². The summed E-state index contributed by atoms with van der Waals surface area (Å²) in [5, 5.41) is 0.742. The van der Waals surface area contributed by atoms with Gasteiger partial charge in [0.1, 0.15) is 11.3 Å². The molecule has 7 heteroatoms. The molecule has 0 unspecified atom stereocenters. The van der Waals surface area contributed by atoms with Gasteiger partial charge in [0, 0.05) is 23.1 Å². The predicted molar refractivity (Wildman–Crippen MR) is 88.5 cm³/mol. The molecule has 134 valence electrons. The number of rotatable bonds is 4. The molecule has 0 aliphatic carbocycles. The molecule has 0 aliphatic heterocycles. The molecule has 0 aliphatic rings. The molecule has 4 nitrogen and oxygen atoms in total. The molecule has 26 heavy (non-hydrogen) atoms. The fourth-order valence-corrected chi connectivity index (χ4v) is 2.47. The summed E-state index contributed by atoms with van der Waals surface area (Å²) >= 11 is 0. The number of hydrogen-bond acceptors (Lipinski definition) is 4. The van der Waals surface area contributed by atoms with Crippen molar-refractivity contribution in [3.05, 3.63) is 75.6 Å². The minimum atomic E-state index is -4.45. The molecule has 0 saturated heterocycles. The lowest BCUT2D eigenvalue weighted by atomic mass is 10.1. The first kappa shape index (κ1) is 17.7. The van der Waals surface area contributed by atoms with E-state index >= 15 is 0 Å². The van der Waals surface area contributed by atoms with Crippen LogP contribution in [-0.2, 0) is 6.18 Å². The lowest BCUT2D eigenvalue weighted by molar-refractivity contribution is -0.137. The first-order valence-electron chi connectivity index (χ1n) is 7.62. The Kier molecular flexibility index (Phi) is 4.54. The van der Waals surface area contributed by atoms with Crippen molar-refractivity contribution in [3.8, 4) is 5.75 Å². The molecule has 3 rings (SSSR count).